The summed E-state index contributed by atoms with van der Waals surface area (Å²) in [5.74, 6) is 3.38. The van der Waals surface area contributed by atoms with E-state index in [1.54, 1.807) is 0 Å². The number of benzene rings is 7. The number of aliphatic hydroxyl groups is 1. The predicted octanol–water partition coefficient (Wildman–Crippen LogP) is 10.9. The summed E-state index contributed by atoms with van der Waals surface area (Å²) in [6, 6.07) is 45.2. The third kappa shape index (κ3) is 6.18. The molecule has 10 heteroatoms. The van der Waals surface area contributed by atoms with E-state index in [1.807, 2.05) is 115 Å². The van der Waals surface area contributed by atoms with Crippen LogP contribution in [0.1, 0.15) is 22.9 Å². The number of para-hydroxylation sites is 4. The zero-order chi connectivity index (χ0) is 34.3. The molecule has 0 aliphatic carbocycles. The highest BCUT2D eigenvalue weighted by Crippen LogP contribution is 2.59. The first-order valence-corrected chi connectivity index (χ1v) is 18.7. The minimum Gasteiger partial charge on any atom is -0.408 e. The van der Waals surface area contributed by atoms with Crippen molar-refractivity contribution in [3.8, 4) is 45.6 Å². The summed E-state index contributed by atoms with van der Waals surface area (Å²) in [5.41, 5.74) is 4.19. The van der Waals surface area contributed by atoms with E-state index in [4.69, 9.17) is 27.1 Å². The summed E-state index contributed by atoms with van der Waals surface area (Å²) in [6.07, 6.45) is -1.12. The molecule has 0 fully saturated rings. The van der Waals surface area contributed by atoms with Crippen molar-refractivity contribution >= 4 is 38.7 Å². The van der Waals surface area contributed by atoms with E-state index >= 15 is 0 Å². The number of rotatable bonds is 9. The molecule has 2 N–H and O–H groups in total. The van der Waals surface area contributed by atoms with Crippen LogP contribution in [0.5, 0.6) is 34.5 Å². The quantitative estimate of drug-likeness (QED) is 0.113. The van der Waals surface area contributed by atoms with Crippen LogP contribution in [-0.4, -0.2) is 5.11 Å². The highest BCUT2D eigenvalue weighted by molar-refractivity contribution is 7.43. The van der Waals surface area contributed by atoms with Crippen molar-refractivity contribution in [1.29, 1.82) is 0 Å². The SMILES string of the molecule is Cc1ccc(CNC(O)c2cc3ccccc3c(-c3c(OP4Oc5ccccc5O4)ccc4ccccc34)c2OP2Oc3ccccc3O2)cc1. The number of nitrogens with one attached hydrogen (secondary N) is 1. The molecule has 0 radical (unpaired) electrons. The summed E-state index contributed by atoms with van der Waals surface area (Å²) < 4.78 is 38.1. The van der Waals surface area contributed by atoms with Gasteiger partial charge in [0.2, 0.25) is 0 Å². The van der Waals surface area contributed by atoms with Gasteiger partial charge in [0.25, 0.3) is 0 Å². The molecular formula is C41H31NO7P2. The molecule has 0 saturated carbocycles. The average Bonchev–Trinajstić information content (AvgIpc) is 3.77. The van der Waals surface area contributed by atoms with Crippen molar-refractivity contribution in [2.24, 2.45) is 0 Å². The van der Waals surface area contributed by atoms with Crippen LogP contribution < -0.4 is 32.5 Å². The Morgan fingerprint density at radius 3 is 1.75 bits per heavy atom. The van der Waals surface area contributed by atoms with Gasteiger partial charge < -0.3 is 32.2 Å². The van der Waals surface area contributed by atoms with E-state index in [0.29, 0.717) is 52.2 Å². The Kier molecular flexibility index (Phi) is 8.31. The van der Waals surface area contributed by atoms with Gasteiger partial charge in [-0.05, 0) is 70.4 Å². The van der Waals surface area contributed by atoms with Gasteiger partial charge in [0.15, 0.2) is 23.0 Å². The number of aryl methyl sites for hydroxylation is 1. The normalized spacial score (nSPS) is 14.2. The molecule has 7 aromatic rings. The molecule has 2 aliphatic rings. The van der Waals surface area contributed by atoms with Crippen molar-refractivity contribution in [1.82, 2.24) is 5.32 Å². The lowest BCUT2D eigenvalue weighted by Gasteiger charge is -2.24. The van der Waals surface area contributed by atoms with E-state index in [2.05, 4.69) is 36.5 Å². The molecule has 0 spiro atoms. The van der Waals surface area contributed by atoms with Gasteiger partial charge >= 0.3 is 17.2 Å². The van der Waals surface area contributed by atoms with Crippen LogP contribution in [0.25, 0.3) is 32.7 Å². The Balaban J connectivity index is 1.22. The summed E-state index contributed by atoms with van der Waals surface area (Å²) in [6.45, 7) is 2.48. The van der Waals surface area contributed by atoms with Gasteiger partial charge in [0.05, 0.1) is 0 Å². The fourth-order valence-corrected chi connectivity index (χ4v) is 8.43. The van der Waals surface area contributed by atoms with Crippen LogP contribution in [-0.2, 0) is 6.54 Å². The minimum absolute atomic E-state index is 0.405. The van der Waals surface area contributed by atoms with Gasteiger partial charge in [-0.3, -0.25) is 5.32 Å². The lowest BCUT2D eigenvalue weighted by atomic mass is 9.90. The fourth-order valence-electron chi connectivity index (χ4n) is 6.31. The van der Waals surface area contributed by atoms with Crippen LogP contribution >= 0.6 is 17.2 Å². The molecular weight excluding hydrogens is 680 g/mol. The first-order chi connectivity index (χ1) is 25.1. The molecule has 2 aliphatic heterocycles. The van der Waals surface area contributed by atoms with Gasteiger partial charge in [-0.1, -0.05) is 109 Å². The summed E-state index contributed by atoms with van der Waals surface area (Å²) in [5, 5.41) is 19.0. The van der Waals surface area contributed by atoms with Gasteiger partial charge in [0, 0.05) is 23.2 Å². The first-order valence-electron chi connectivity index (χ1n) is 16.5. The zero-order valence-corrected chi connectivity index (χ0v) is 29.1. The third-order valence-corrected chi connectivity index (χ3v) is 10.9. The molecule has 8 nitrogen and oxygen atoms in total. The number of hydrogen-bond acceptors (Lipinski definition) is 8. The van der Waals surface area contributed by atoms with Gasteiger partial charge in [0.1, 0.15) is 17.7 Å². The highest BCUT2D eigenvalue weighted by Gasteiger charge is 2.35. The number of aliphatic hydroxyl groups excluding tert-OH is 1. The molecule has 0 aromatic heterocycles. The zero-order valence-electron chi connectivity index (χ0n) is 27.4. The molecule has 0 saturated heterocycles. The second-order valence-corrected chi connectivity index (χ2v) is 14.2. The Hall–Kier alpha value is -5.36. The summed E-state index contributed by atoms with van der Waals surface area (Å²) in [7, 11) is -3.74. The summed E-state index contributed by atoms with van der Waals surface area (Å²) >= 11 is 0. The predicted molar refractivity (Wildman–Crippen MR) is 200 cm³/mol. The Morgan fingerprint density at radius 1 is 0.588 bits per heavy atom. The van der Waals surface area contributed by atoms with Crippen molar-refractivity contribution in [3.05, 3.63) is 156 Å². The maximum atomic E-state index is 12.0. The maximum Gasteiger partial charge on any atom is 0.530 e. The lowest BCUT2D eigenvalue weighted by Crippen LogP contribution is -2.21. The van der Waals surface area contributed by atoms with Crippen LogP contribution in [0.4, 0.5) is 0 Å². The van der Waals surface area contributed by atoms with E-state index in [-0.39, 0.29) is 0 Å². The average molecular weight is 712 g/mol. The molecule has 252 valence electrons. The van der Waals surface area contributed by atoms with Crippen LogP contribution in [0, 0.1) is 6.92 Å². The molecule has 0 amide bonds. The van der Waals surface area contributed by atoms with Gasteiger partial charge in [-0.15, -0.1) is 0 Å². The Morgan fingerprint density at radius 2 is 1.12 bits per heavy atom. The molecule has 1 atom stereocenters. The smallest absolute Gasteiger partial charge is 0.408 e. The van der Waals surface area contributed by atoms with E-state index in [0.717, 1.165) is 32.7 Å². The monoisotopic (exact) mass is 711 g/mol. The fraction of sp³-hybridized carbons (Fsp3) is 0.0732. The van der Waals surface area contributed by atoms with Crippen molar-refractivity contribution < 1.29 is 32.2 Å². The minimum atomic E-state index is -1.93. The van der Waals surface area contributed by atoms with E-state index in [1.165, 1.54) is 5.56 Å². The molecule has 2 heterocycles. The van der Waals surface area contributed by atoms with Crippen LogP contribution in [0.2, 0.25) is 0 Å². The lowest BCUT2D eigenvalue weighted by molar-refractivity contribution is 0.135. The number of hydrogen-bond donors (Lipinski definition) is 2. The molecule has 9 rings (SSSR count). The number of fused-ring (bicyclic) bond motifs is 4. The second kappa shape index (κ2) is 13.4. The topological polar surface area (TPSA) is 87.6 Å². The van der Waals surface area contributed by atoms with Crippen LogP contribution in [0.15, 0.2) is 140 Å². The Bertz CT molecular complexity index is 2350. The molecule has 0 bridgehead atoms. The third-order valence-electron chi connectivity index (χ3n) is 8.81. The standard InChI is InChI=1S/C41H31NO7P2/c1-26-18-20-27(21-19-26)25-42-41(43)32-24-29-11-3-5-13-31(29)39(40(32)49-51-46-35-16-8-9-17-36(35)47-51)38-30-12-4-2-10-28(30)22-23-37(38)48-50-44-33-14-6-7-15-34(33)45-50/h2-24,41-43H,25H2,1H3. The van der Waals surface area contributed by atoms with Crippen molar-refractivity contribution in [2.75, 3.05) is 0 Å². The Labute approximate surface area is 297 Å². The first kappa shape index (κ1) is 31.6. The van der Waals surface area contributed by atoms with E-state index < -0.39 is 23.4 Å². The molecule has 51 heavy (non-hydrogen) atoms. The maximum absolute atomic E-state index is 12.0. The van der Waals surface area contributed by atoms with Gasteiger partial charge in [-0.2, -0.15) is 0 Å². The second-order valence-electron chi connectivity index (χ2n) is 12.2. The van der Waals surface area contributed by atoms with E-state index in [9.17, 15) is 5.11 Å². The van der Waals surface area contributed by atoms with Crippen molar-refractivity contribution in [2.45, 2.75) is 19.7 Å². The largest absolute Gasteiger partial charge is 0.530 e. The summed E-state index contributed by atoms with van der Waals surface area (Å²) in [4.78, 5) is 0. The molecule has 7 aromatic carbocycles. The van der Waals surface area contributed by atoms with Gasteiger partial charge in [-0.25, -0.2) is 0 Å². The molecule has 1 unspecified atom stereocenters. The van der Waals surface area contributed by atoms with Crippen LogP contribution in [0.3, 0.4) is 0 Å². The van der Waals surface area contributed by atoms with Crippen molar-refractivity contribution in [3.63, 3.8) is 0 Å². The highest BCUT2D eigenvalue weighted by atomic mass is 31.2.